The van der Waals surface area contributed by atoms with Gasteiger partial charge in [0.05, 0.1) is 0 Å². The van der Waals surface area contributed by atoms with Gasteiger partial charge in [0.2, 0.25) is 5.95 Å². The van der Waals surface area contributed by atoms with Gasteiger partial charge in [-0.15, -0.1) is 0 Å². The SMILES string of the molecule is CC(C)(C)c1ccc(-n2ccnc2NC2CCCC2)cc1. The monoisotopic (exact) mass is 283 g/mol. The maximum absolute atomic E-state index is 4.48. The lowest BCUT2D eigenvalue weighted by Gasteiger charge is -2.20. The minimum atomic E-state index is 0.193. The predicted octanol–water partition coefficient (Wildman–Crippen LogP) is 4.52. The summed E-state index contributed by atoms with van der Waals surface area (Å²) in [5.74, 6) is 0.963. The molecule has 1 aliphatic rings. The van der Waals surface area contributed by atoms with E-state index in [1.807, 2.05) is 12.4 Å². The standard InChI is InChI=1S/C18H25N3/c1-18(2,3)14-8-10-16(11-9-14)21-13-12-19-17(21)20-15-6-4-5-7-15/h8-13,15H,4-7H2,1-3H3,(H,19,20). The lowest BCUT2D eigenvalue weighted by Crippen LogP contribution is -2.17. The van der Waals surface area contributed by atoms with Crippen molar-refractivity contribution in [1.29, 1.82) is 0 Å². The summed E-state index contributed by atoms with van der Waals surface area (Å²) in [5.41, 5.74) is 2.72. The second-order valence-corrected chi connectivity index (χ2v) is 7.04. The average molecular weight is 283 g/mol. The second-order valence-electron chi connectivity index (χ2n) is 7.04. The Kier molecular flexibility index (Phi) is 3.75. The van der Waals surface area contributed by atoms with Crippen LogP contribution in [0.2, 0.25) is 0 Å². The van der Waals surface area contributed by atoms with Crippen LogP contribution in [-0.2, 0) is 5.41 Å². The molecule has 0 radical (unpaired) electrons. The number of nitrogens with zero attached hydrogens (tertiary/aromatic N) is 2. The molecule has 0 spiro atoms. The zero-order valence-electron chi connectivity index (χ0n) is 13.3. The van der Waals surface area contributed by atoms with Gasteiger partial charge in [0, 0.05) is 24.1 Å². The van der Waals surface area contributed by atoms with E-state index in [0.29, 0.717) is 6.04 Å². The number of hydrogen-bond donors (Lipinski definition) is 1. The van der Waals surface area contributed by atoms with Gasteiger partial charge in [-0.2, -0.15) is 0 Å². The third kappa shape index (κ3) is 3.12. The van der Waals surface area contributed by atoms with Gasteiger partial charge < -0.3 is 5.32 Å². The molecule has 0 aliphatic heterocycles. The number of imidazole rings is 1. The Morgan fingerprint density at radius 1 is 1.10 bits per heavy atom. The Balaban J connectivity index is 1.82. The Hall–Kier alpha value is -1.77. The highest BCUT2D eigenvalue weighted by Crippen LogP contribution is 2.25. The summed E-state index contributed by atoms with van der Waals surface area (Å²) < 4.78 is 2.14. The van der Waals surface area contributed by atoms with Crippen LogP contribution in [0.25, 0.3) is 5.69 Å². The summed E-state index contributed by atoms with van der Waals surface area (Å²) in [7, 11) is 0. The Bertz CT molecular complexity index is 584. The van der Waals surface area contributed by atoms with E-state index >= 15 is 0 Å². The van der Waals surface area contributed by atoms with E-state index in [2.05, 4.69) is 59.9 Å². The summed E-state index contributed by atoms with van der Waals surface area (Å²) in [6, 6.07) is 9.38. The fraction of sp³-hybridized carbons (Fsp3) is 0.500. The highest BCUT2D eigenvalue weighted by molar-refractivity contribution is 5.44. The van der Waals surface area contributed by atoms with Crippen LogP contribution in [0.1, 0.15) is 52.0 Å². The van der Waals surface area contributed by atoms with Gasteiger partial charge >= 0.3 is 0 Å². The number of hydrogen-bond acceptors (Lipinski definition) is 2. The van der Waals surface area contributed by atoms with Crippen molar-refractivity contribution < 1.29 is 0 Å². The second kappa shape index (κ2) is 5.55. The largest absolute Gasteiger partial charge is 0.353 e. The normalized spacial score (nSPS) is 16.3. The van der Waals surface area contributed by atoms with Crippen molar-refractivity contribution in [2.24, 2.45) is 0 Å². The third-order valence-electron chi connectivity index (χ3n) is 4.34. The van der Waals surface area contributed by atoms with E-state index in [0.717, 1.165) is 5.95 Å². The van der Waals surface area contributed by atoms with Gasteiger partial charge in [-0.3, -0.25) is 4.57 Å². The molecule has 0 saturated heterocycles. The van der Waals surface area contributed by atoms with Crippen molar-refractivity contribution in [1.82, 2.24) is 9.55 Å². The Morgan fingerprint density at radius 3 is 2.38 bits per heavy atom. The van der Waals surface area contributed by atoms with Crippen LogP contribution in [0, 0.1) is 0 Å². The first-order valence-electron chi connectivity index (χ1n) is 7.95. The topological polar surface area (TPSA) is 29.9 Å². The quantitative estimate of drug-likeness (QED) is 0.897. The third-order valence-corrected chi connectivity index (χ3v) is 4.34. The van der Waals surface area contributed by atoms with Crippen molar-refractivity contribution in [3.63, 3.8) is 0 Å². The predicted molar refractivity (Wildman–Crippen MR) is 88.1 cm³/mol. The molecular formula is C18H25N3. The molecule has 3 nitrogen and oxygen atoms in total. The van der Waals surface area contributed by atoms with Gasteiger partial charge in [0.15, 0.2) is 0 Å². The summed E-state index contributed by atoms with van der Waals surface area (Å²) in [6.45, 7) is 6.73. The van der Waals surface area contributed by atoms with E-state index in [1.165, 1.54) is 36.9 Å². The summed E-state index contributed by atoms with van der Waals surface area (Å²) in [4.78, 5) is 4.48. The highest BCUT2D eigenvalue weighted by Gasteiger charge is 2.17. The van der Waals surface area contributed by atoms with E-state index in [-0.39, 0.29) is 5.41 Å². The molecule has 2 aromatic rings. The first-order chi connectivity index (χ1) is 10.0. The van der Waals surface area contributed by atoms with Crippen molar-refractivity contribution in [3.05, 3.63) is 42.2 Å². The molecule has 0 bridgehead atoms. The molecule has 112 valence electrons. The molecule has 0 atom stereocenters. The van der Waals surface area contributed by atoms with Gasteiger partial charge in [-0.05, 0) is 36.0 Å². The first-order valence-corrected chi connectivity index (χ1v) is 7.95. The first kappa shape index (κ1) is 14.2. The Labute approximate surface area is 127 Å². The van der Waals surface area contributed by atoms with Crippen molar-refractivity contribution in [2.75, 3.05) is 5.32 Å². The minimum absolute atomic E-state index is 0.193. The molecule has 0 amide bonds. The smallest absolute Gasteiger partial charge is 0.207 e. The zero-order valence-corrected chi connectivity index (χ0v) is 13.3. The van der Waals surface area contributed by atoms with E-state index < -0.39 is 0 Å². The number of rotatable bonds is 3. The number of benzene rings is 1. The summed E-state index contributed by atoms with van der Waals surface area (Å²) >= 11 is 0. The number of anilines is 1. The molecule has 3 heteroatoms. The fourth-order valence-corrected chi connectivity index (χ4v) is 2.99. The van der Waals surface area contributed by atoms with Crippen LogP contribution < -0.4 is 5.32 Å². The van der Waals surface area contributed by atoms with Crippen molar-refractivity contribution >= 4 is 5.95 Å². The molecule has 1 aliphatic carbocycles. The zero-order chi connectivity index (χ0) is 14.9. The fourth-order valence-electron chi connectivity index (χ4n) is 2.99. The molecule has 1 heterocycles. The van der Waals surface area contributed by atoms with Crippen LogP contribution in [0.5, 0.6) is 0 Å². The van der Waals surface area contributed by atoms with Gasteiger partial charge in [-0.1, -0.05) is 45.7 Å². The van der Waals surface area contributed by atoms with Crippen molar-refractivity contribution in [2.45, 2.75) is 57.9 Å². The highest BCUT2D eigenvalue weighted by atomic mass is 15.2. The minimum Gasteiger partial charge on any atom is -0.353 e. The summed E-state index contributed by atoms with van der Waals surface area (Å²) in [5, 5.41) is 3.58. The maximum Gasteiger partial charge on any atom is 0.207 e. The average Bonchev–Trinajstić information content (AvgIpc) is 3.10. The van der Waals surface area contributed by atoms with Crippen LogP contribution in [0.15, 0.2) is 36.7 Å². The van der Waals surface area contributed by atoms with Crippen LogP contribution in [0.4, 0.5) is 5.95 Å². The molecule has 1 N–H and O–H groups in total. The van der Waals surface area contributed by atoms with Crippen molar-refractivity contribution in [3.8, 4) is 5.69 Å². The van der Waals surface area contributed by atoms with Gasteiger partial charge in [-0.25, -0.2) is 4.98 Å². The van der Waals surface area contributed by atoms with Crippen LogP contribution >= 0.6 is 0 Å². The molecule has 1 fully saturated rings. The maximum atomic E-state index is 4.48. The lowest BCUT2D eigenvalue weighted by atomic mass is 9.87. The van der Waals surface area contributed by atoms with E-state index in [4.69, 9.17) is 0 Å². The molecule has 1 aromatic heterocycles. The van der Waals surface area contributed by atoms with E-state index in [1.54, 1.807) is 0 Å². The lowest BCUT2D eigenvalue weighted by molar-refractivity contribution is 0.590. The molecule has 21 heavy (non-hydrogen) atoms. The number of aromatic nitrogens is 2. The van der Waals surface area contributed by atoms with Gasteiger partial charge in [0.25, 0.3) is 0 Å². The van der Waals surface area contributed by atoms with E-state index in [9.17, 15) is 0 Å². The molecule has 3 rings (SSSR count). The van der Waals surface area contributed by atoms with Gasteiger partial charge in [0.1, 0.15) is 0 Å². The molecule has 1 aromatic carbocycles. The van der Waals surface area contributed by atoms with Crippen LogP contribution in [-0.4, -0.2) is 15.6 Å². The molecular weight excluding hydrogens is 258 g/mol. The van der Waals surface area contributed by atoms with Crippen LogP contribution in [0.3, 0.4) is 0 Å². The molecule has 1 saturated carbocycles. The molecule has 0 unspecified atom stereocenters. The Morgan fingerprint density at radius 2 is 1.76 bits per heavy atom. The number of nitrogens with one attached hydrogen (secondary N) is 1. The summed E-state index contributed by atoms with van der Waals surface area (Å²) in [6.07, 6.45) is 9.08.